The van der Waals surface area contributed by atoms with Crippen LogP contribution in [0.1, 0.15) is 5.56 Å². The fourth-order valence-electron chi connectivity index (χ4n) is 1.64. The molecule has 2 rings (SSSR count). The van der Waals surface area contributed by atoms with Crippen LogP contribution in [0.3, 0.4) is 0 Å². The van der Waals surface area contributed by atoms with Gasteiger partial charge in [-0.05, 0) is 48.9 Å². The molecule has 0 aliphatic heterocycles. The molecule has 0 heterocycles. The number of carbonyl (C=O) groups excluding carboxylic acids is 1. The largest absolute Gasteiger partial charge is 0.484 e. The number of ether oxygens (including phenoxy) is 1. The molecule has 3 nitrogen and oxygen atoms in total. The Kier molecular flexibility index (Phi) is 5.51. The monoisotopic (exact) mass is 387 g/mol. The molecule has 0 aromatic heterocycles. The molecule has 0 spiro atoms. The van der Waals surface area contributed by atoms with Gasteiger partial charge in [-0.25, -0.2) is 0 Å². The summed E-state index contributed by atoms with van der Waals surface area (Å²) in [7, 11) is 0. The summed E-state index contributed by atoms with van der Waals surface area (Å²) < 4.78 is 6.43. The van der Waals surface area contributed by atoms with Gasteiger partial charge >= 0.3 is 0 Å². The fourth-order valence-corrected chi connectivity index (χ4v) is 2.22. The van der Waals surface area contributed by atoms with Crippen LogP contribution in [-0.4, -0.2) is 12.5 Å². The van der Waals surface area contributed by atoms with E-state index in [9.17, 15) is 4.79 Å². The van der Waals surface area contributed by atoms with Crippen molar-refractivity contribution in [3.63, 3.8) is 0 Å². The van der Waals surface area contributed by atoms with Gasteiger partial charge in [0.2, 0.25) is 0 Å². The minimum absolute atomic E-state index is 0.107. The zero-order chi connectivity index (χ0) is 15.4. The third kappa shape index (κ3) is 4.63. The summed E-state index contributed by atoms with van der Waals surface area (Å²) in [6, 6.07) is 10.4. The van der Waals surface area contributed by atoms with Crippen LogP contribution in [0, 0.1) is 6.92 Å². The van der Waals surface area contributed by atoms with Crippen LogP contribution in [0.4, 0.5) is 5.69 Å². The first-order chi connectivity index (χ1) is 9.95. The van der Waals surface area contributed by atoms with E-state index in [1.165, 1.54) is 0 Å². The van der Waals surface area contributed by atoms with Gasteiger partial charge in [-0.15, -0.1) is 0 Å². The van der Waals surface area contributed by atoms with Gasteiger partial charge in [-0.2, -0.15) is 0 Å². The first kappa shape index (κ1) is 16.1. The van der Waals surface area contributed by atoms with Gasteiger partial charge in [0.25, 0.3) is 5.91 Å². The average molecular weight is 389 g/mol. The van der Waals surface area contributed by atoms with Crippen molar-refractivity contribution in [1.29, 1.82) is 0 Å². The van der Waals surface area contributed by atoms with Gasteiger partial charge in [0.15, 0.2) is 6.61 Å². The van der Waals surface area contributed by atoms with Crippen LogP contribution in [-0.2, 0) is 4.79 Å². The number of nitrogens with one attached hydrogen (secondary N) is 1. The highest BCUT2D eigenvalue weighted by Crippen LogP contribution is 2.25. The summed E-state index contributed by atoms with van der Waals surface area (Å²) in [4.78, 5) is 11.9. The summed E-state index contributed by atoms with van der Waals surface area (Å²) in [5, 5.41) is 3.58. The number of halogens is 3. The van der Waals surface area contributed by atoms with Crippen LogP contribution >= 0.6 is 39.1 Å². The SMILES string of the molecule is Cc1cc(OCC(=O)Nc2cc(Cl)ccc2Cl)ccc1Br. The molecule has 0 bridgehead atoms. The lowest BCUT2D eigenvalue weighted by atomic mass is 10.2. The number of benzene rings is 2. The molecule has 1 N–H and O–H groups in total. The molecule has 21 heavy (non-hydrogen) atoms. The third-order valence-corrected chi connectivity index (χ3v) is 4.16. The number of rotatable bonds is 4. The molecule has 0 aliphatic rings. The first-order valence-corrected chi connectivity index (χ1v) is 7.64. The summed E-state index contributed by atoms with van der Waals surface area (Å²) in [5.41, 5.74) is 1.50. The van der Waals surface area contributed by atoms with E-state index in [4.69, 9.17) is 27.9 Å². The van der Waals surface area contributed by atoms with Crippen molar-refractivity contribution >= 4 is 50.7 Å². The Morgan fingerprint density at radius 1 is 1.24 bits per heavy atom. The Labute approximate surface area is 141 Å². The summed E-state index contributed by atoms with van der Waals surface area (Å²) in [6.07, 6.45) is 0. The van der Waals surface area contributed by atoms with Crippen LogP contribution in [0.2, 0.25) is 10.0 Å². The maximum Gasteiger partial charge on any atom is 0.262 e. The summed E-state index contributed by atoms with van der Waals surface area (Å²) in [5.74, 6) is 0.322. The van der Waals surface area contributed by atoms with Crippen molar-refractivity contribution in [2.45, 2.75) is 6.92 Å². The van der Waals surface area contributed by atoms with Crippen molar-refractivity contribution in [1.82, 2.24) is 0 Å². The summed E-state index contributed by atoms with van der Waals surface area (Å²) in [6.45, 7) is 1.84. The first-order valence-electron chi connectivity index (χ1n) is 6.09. The van der Waals surface area contributed by atoms with Crippen molar-refractivity contribution in [2.75, 3.05) is 11.9 Å². The van der Waals surface area contributed by atoms with Gasteiger partial charge < -0.3 is 10.1 Å². The second-order valence-electron chi connectivity index (χ2n) is 4.37. The molecule has 2 aromatic carbocycles. The van der Waals surface area contributed by atoms with Gasteiger partial charge in [-0.1, -0.05) is 39.1 Å². The van der Waals surface area contributed by atoms with E-state index in [1.807, 2.05) is 19.1 Å². The molecule has 0 unspecified atom stereocenters. The normalized spacial score (nSPS) is 10.3. The van der Waals surface area contributed by atoms with Gasteiger partial charge in [0, 0.05) is 9.50 Å². The zero-order valence-corrected chi connectivity index (χ0v) is 14.2. The Hall–Kier alpha value is -1.23. The number of hydrogen-bond donors (Lipinski definition) is 1. The molecule has 0 saturated carbocycles. The smallest absolute Gasteiger partial charge is 0.262 e. The highest BCUT2D eigenvalue weighted by atomic mass is 79.9. The Morgan fingerprint density at radius 3 is 2.71 bits per heavy atom. The Morgan fingerprint density at radius 2 is 2.00 bits per heavy atom. The van der Waals surface area contributed by atoms with E-state index in [2.05, 4.69) is 21.2 Å². The number of amides is 1. The topological polar surface area (TPSA) is 38.3 Å². The Balaban J connectivity index is 1.95. The highest BCUT2D eigenvalue weighted by Gasteiger charge is 2.08. The molecule has 0 atom stereocenters. The standard InChI is InChI=1S/C15H12BrCl2NO2/c1-9-6-11(3-4-12(9)16)21-8-15(20)19-14-7-10(17)2-5-13(14)18/h2-7H,8H2,1H3,(H,19,20). The second kappa shape index (κ2) is 7.16. The lowest BCUT2D eigenvalue weighted by Gasteiger charge is -2.10. The van der Waals surface area contributed by atoms with E-state index in [-0.39, 0.29) is 12.5 Å². The lowest BCUT2D eigenvalue weighted by molar-refractivity contribution is -0.118. The maximum atomic E-state index is 11.9. The minimum atomic E-state index is -0.306. The second-order valence-corrected chi connectivity index (χ2v) is 6.07. The molecule has 0 aliphatic carbocycles. The molecule has 0 radical (unpaired) electrons. The van der Waals surface area contributed by atoms with Gasteiger partial charge in [0.05, 0.1) is 10.7 Å². The van der Waals surface area contributed by atoms with Crippen LogP contribution in [0.25, 0.3) is 0 Å². The van der Waals surface area contributed by atoms with Crippen LogP contribution < -0.4 is 10.1 Å². The van der Waals surface area contributed by atoms with Crippen molar-refractivity contribution in [3.8, 4) is 5.75 Å². The molecular formula is C15H12BrCl2NO2. The molecule has 6 heteroatoms. The Bertz CT molecular complexity index is 677. The number of anilines is 1. The van der Waals surface area contributed by atoms with Crippen molar-refractivity contribution in [3.05, 3.63) is 56.5 Å². The zero-order valence-electron chi connectivity index (χ0n) is 11.1. The van der Waals surface area contributed by atoms with E-state index < -0.39 is 0 Å². The average Bonchev–Trinajstić information content (AvgIpc) is 2.44. The highest BCUT2D eigenvalue weighted by molar-refractivity contribution is 9.10. The molecule has 1 amide bonds. The number of carbonyl (C=O) groups is 1. The van der Waals surface area contributed by atoms with Crippen molar-refractivity contribution < 1.29 is 9.53 Å². The van der Waals surface area contributed by atoms with Crippen LogP contribution in [0.5, 0.6) is 5.75 Å². The van der Waals surface area contributed by atoms with Gasteiger partial charge in [-0.3, -0.25) is 4.79 Å². The van der Waals surface area contributed by atoms with E-state index >= 15 is 0 Å². The lowest BCUT2D eigenvalue weighted by Crippen LogP contribution is -2.20. The van der Waals surface area contributed by atoms with Gasteiger partial charge in [0.1, 0.15) is 5.75 Å². The van der Waals surface area contributed by atoms with E-state index in [0.29, 0.717) is 21.5 Å². The number of hydrogen-bond acceptors (Lipinski definition) is 2. The third-order valence-electron chi connectivity index (χ3n) is 2.70. The van der Waals surface area contributed by atoms with E-state index in [0.717, 1.165) is 10.0 Å². The molecule has 0 saturated heterocycles. The maximum absolute atomic E-state index is 11.9. The number of aryl methyl sites for hydroxylation is 1. The summed E-state index contributed by atoms with van der Waals surface area (Å²) >= 11 is 15.2. The van der Waals surface area contributed by atoms with Crippen LogP contribution in [0.15, 0.2) is 40.9 Å². The minimum Gasteiger partial charge on any atom is -0.484 e. The van der Waals surface area contributed by atoms with E-state index in [1.54, 1.807) is 24.3 Å². The molecule has 0 fully saturated rings. The quantitative estimate of drug-likeness (QED) is 0.792. The molecule has 2 aromatic rings. The molecular weight excluding hydrogens is 377 g/mol. The molecule has 110 valence electrons. The predicted molar refractivity (Wildman–Crippen MR) is 89.5 cm³/mol. The van der Waals surface area contributed by atoms with Crippen molar-refractivity contribution in [2.24, 2.45) is 0 Å². The predicted octanol–water partition coefficient (Wildman–Crippen LogP) is 5.08. The fraction of sp³-hybridized carbons (Fsp3) is 0.133.